The van der Waals surface area contributed by atoms with Crippen LogP contribution in [0.4, 0.5) is 0 Å². The van der Waals surface area contributed by atoms with Gasteiger partial charge in [0.25, 0.3) is 0 Å². The Morgan fingerprint density at radius 3 is 2.62 bits per heavy atom. The van der Waals surface area contributed by atoms with Gasteiger partial charge in [-0.25, -0.2) is 0 Å². The van der Waals surface area contributed by atoms with Gasteiger partial charge in [-0.15, -0.1) is 0 Å². The quantitative estimate of drug-likeness (QED) is 0.560. The highest BCUT2D eigenvalue weighted by molar-refractivity contribution is 6.37. The fraction of sp³-hybridized carbons (Fsp3) is 1.00. The molecule has 0 radical (unpaired) electrons. The van der Waals surface area contributed by atoms with Crippen molar-refractivity contribution in [1.29, 1.82) is 0 Å². The van der Waals surface area contributed by atoms with E-state index in [4.69, 9.17) is 5.73 Å². The Balaban J connectivity index is 2.86. The smallest absolute Gasteiger partial charge is 0.0242 e. The van der Waals surface area contributed by atoms with Crippen molar-refractivity contribution in [3.8, 4) is 0 Å². The molecule has 2 N–H and O–H groups in total. The summed E-state index contributed by atoms with van der Waals surface area (Å²) >= 11 is 0. The maximum atomic E-state index is 5.37. The Labute approximate surface area is 54.5 Å². The first kappa shape index (κ1) is 8.18. The third kappa shape index (κ3) is 4.34. The molecule has 50 valence electrons. The molecular weight excluding hydrogens is 114 g/mol. The lowest BCUT2D eigenvalue weighted by molar-refractivity contribution is 0.861. The molecule has 0 saturated heterocycles. The molecule has 0 heterocycles. The van der Waals surface area contributed by atoms with E-state index in [0.717, 1.165) is 12.1 Å². The minimum atomic E-state index is 0.211. The highest BCUT2D eigenvalue weighted by Gasteiger charge is 1.95. The minimum Gasteiger partial charge on any atom is -0.331 e. The first-order valence-corrected chi connectivity index (χ1v) is 5.33. The molecule has 0 amide bonds. The fourth-order valence-electron chi connectivity index (χ4n) is 0.670. The molecule has 0 fully saturated rings. The predicted octanol–water partition coefficient (Wildman–Crippen LogP) is 0.751. The average molecular weight is 131 g/mol. The molecule has 8 heavy (non-hydrogen) atoms. The average Bonchev–Trinajstić information content (AvgIpc) is 1.83. The molecule has 2 heteroatoms. The standard InChI is InChI=1S/C6H17NSi/c1-3-6(2)8-5-4-7/h6H,3-5,7-8H2,1-2H3. The van der Waals surface area contributed by atoms with E-state index in [1.165, 1.54) is 12.5 Å². The normalized spacial score (nSPS) is 15.4. The van der Waals surface area contributed by atoms with Gasteiger partial charge < -0.3 is 5.73 Å². The summed E-state index contributed by atoms with van der Waals surface area (Å²) in [5.74, 6) is 0. The van der Waals surface area contributed by atoms with Gasteiger partial charge in [0.1, 0.15) is 0 Å². The zero-order valence-electron chi connectivity index (χ0n) is 5.98. The van der Waals surface area contributed by atoms with Crippen LogP contribution in [0.25, 0.3) is 0 Å². The van der Waals surface area contributed by atoms with Gasteiger partial charge in [0.15, 0.2) is 0 Å². The summed E-state index contributed by atoms with van der Waals surface area (Å²) < 4.78 is 0. The van der Waals surface area contributed by atoms with Crippen molar-refractivity contribution in [2.75, 3.05) is 6.54 Å². The monoisotopic (exact) mass is 131 g/mol. The maximum Gasteiger partial charge on any atom is 0.0242 e. The summed E-state index contributed by atoms with van der Waals surface area (Å²) in [5, 5.41) is 0. The summed E-state index contributed by atoms with van der Waals surface area (Å²) in [5.41, 5.74) is 6.38. The Hall–Kier alpha value is 0.177. The van der Waals surface area contributed by atoms with Gasteiger partial charge in [-0.3, -0.25) is 0 Å². The van der Waals surface area contributed by atoms with Crippen LogP contribution in [-0.2, 0) is 0 Å². The Bertz CT molecular complexity index is 47.8. The van der Waals surface area contributed by atoms with Crippen LogP contribution in [0.5, 0.6) is 0 Å². The summed E-state index contributed by atoms with van der Waals surface area (Å²) in [6.07, 6.45) is 1.35. The van der Waals surface area contributed by atoms with Crippen molar-refractivity contribution in [2.24, 2.45) is 5.73 Å². The third-order valence-corrected chi connectivity index (χ3v) is 3.98. The summed E-state index contributed by atoms with van der Waals surface area (Å²) in [6, 6.07) is 1.33. The fourth-order valence-corrected chi connectivity index (χ4v) is 2.01. The van der Waals surface area contributed by atoms with E-state index < -0.39 is 0 Å². The van der Waals surface area contributed by atoms with Gasteiger partial charge in [0.05, 0.1) is 0 Å². The number of hydrogen-bond acceptors (Lipinski definition) is 1. The maximum absolute atomic E-state index is 5.37. The molecule has 0 rings (SSSR count). The van der Waals surface area contributed by atoms with Crippen molar-refractivity contribution < 1.29 is 0 Å². The van der Waals surface area contributed by atoms with Gasteiger partial charge >= 0.3 is 0 Å². The molecule has 0 aliphatic heterocycles. The predicted molar refractivity (Wildman–Crippen MR) is 42.1 cm³/mol. The molecule has 0 aromatic heterocycles. The molecule has 1 unspecified atom stereocenters. The summed E-state index contributed by atoms with van der Waals surface area (Å²) in [4.78, 5) is 0. The van der Waals surface area contributed by atoms with Crippen LogP contribution < -0.4 is 5.73 Å². The zero-order valence-corrected chi connectivity index (χ0v) is 7.40. The first-order chi connectivity index (χ1) is 3.81. The van der Waals surface area contributed by atoms with Crippen molar-refractivity contribution in [3.05, 3.63) is 0 Å². The number of hydrogen-bond donors (Lipinski definition) is 1. The largest absolute Gasteiger partial charge is 0.331 e. The molecule has 0 spiro atoms. The van der Waals surface area contributed by atoms with Crippen LogP contribution in [0.15, 0.2) is 0 Å². The first-order valence-electron chi connectivity index (χ1n) is 3.51. The van der Waals surface area contributed by atoms with Gasteiger partial charge in [-0.1, -0.05) is 31.9 Å². The Morgan fingerprint density at radius 2 is 2.25 bits per heavy atom. The molecule has 0 aromatic rings. The minimum absolute atomic E-state index is 0.211. The molecule has 0 aliphatic rings. The molecule has 0 bridgehead atoms. The van der Waals surface area contributed by atoms with E-state index >= 15 is 0 Å². The highest BCUT2D eigenvalue weighted by atomic mass is 28.2. The van der Waals surface area contributed by atoms with E-state index in [9.17, 15) is 0 Å². The van der Waals surface area contributed by atoms with Crippen molar-refractivity contribution in [3.63, 3.8) is 0 Å². The molecule has 1 nitrogen and oxygen atoms in total. The topological polar surface area (TPSA) is 26.0 Å². The zero-order chi connectivity index (χ0) is 6.41. The second-order valence-electron chi connectivity index (χ2n) is 2.44. The second kappa shape index (κ2) is 5.32. The van der Waals surface area contributed by atoms with Crippen LogP contribution in [0.1, 0.15) is 20.3 Å². The van der Waals surface area contributed by atoms with Gasteiger partial charge in [0, 0.05) is 9.52 Å². The van der Waals surface area contributed by atoms with Crippen molar-refractivity contribution in [1.82, 2.24) is 0 Å². The van der Waals surface area contributed by atoms with Crippen molar-refractivity contribution in [2.45, 2.75) is 31.9 Å². The lowest BCUT2D eigenvalue weighted by Gasteiger charge is -2.03. The van der Waals surface area contributed by atoms with E-state index in [2.05, 4.69) is 13.8 Å². The molecule has 0 saturated carbocycles. The number of rotatable bonds is 4. The second-order valence-corrected chi connectivity index (χ2v) is 5.12. The molecular formula is C6H17NSi. The summed E-state index contributed by atoms with van der Waals surface area (Å²) in [7, 11) is 0.211. The molecule has 0 aromatic carbocycles. The SMILES string of the molecule is CCC(C)[SiH2]CCN. The third-order valence-electron chi connectivity index (χ3n) is 1.60. The van der Waals surface area contributed by atoms with E-state index in [0.29, 0.717) is 0 Å². The van der Waals surface area contributed by atoms with Crippen LogP contribution in [0, 0.1) is 0 Å². The Morgan fingerprint density at radius 1 is 1.62 bits per heavy atom. The lowest BCUT2D eigenvalue weighted by atomic mass is 10.4. The van der Waals surface area contributed by atoms with E-state index in [1.54, 1.807) is 0 Å². The van der Waals surface area contributed by atoms with E-state index in [1.807, 2.05) is 0 Å². The van der Waals surface area contributed by atoms with Gasteiger partial charge in [-0.05, 0) is 6.54 Å². The molecule has 0 aliphatic carbocycles. The van der Waals surface area contributed by atoms with Gasteiger partial charge in [-0.2, -0.15) is 0 Å². The lowest BCUT2D eigenvalue weighted by Crippen LogP contribution is -2.06. The van der Waals surface area contributed by atoms with Crippen LogP contribution in [-0.4, -0.2) is 16.1 Å². The van der Waals surface area contributed by atoms with Crippen LogP contribution in [0.2, 0.25) is 11.6 Å². The number of nitrogens with two attached hydrogens (primary N) is 1. The summed E-state index contributed by atoms with van der Waals surface area (Å²) in [6.45, 7) is 5.51. The van der Waals surface area contributed by atoms with E-state index in [-0.39, 0.29) is 9.52 Å². The Kier molecular flexibility index (Phi) is 5.43. The van der Waals surface area contributed by atoms with Crippen molar-refractivity contribution >= 4 is 9.52 Å². The van der Waals surface area contributed by atoms with Crippen LogP contribution >= 0.6 is 0 Å². The highest BCUT2D eigenvalue weighted by Crippen LogP contribution is 2.06. The van der Waals surface area contributed by atoms with Gasteiger partial charge in [0.2, 0.25) is 0 Å². The molecule has 1 atom stereocenters. The van der Waals surface area contributed by atoms with Crippen LogP contribution in [0.3, 0.4) is 0 Å².